The zero-order chi connectivity index (χ0) is 20.1. The fraction of sp³-hybridized carbons (Fsp3) is 0.286. The molecule has 3 aromatic rings. The molecule has 28 heavy (non-hydrogen) atoms. The van der Waals surface area contributed by atoms with Crippen molar-refractivity contribution in [1.29, 1.82) is 0 Å². The first-order valence-corrected chi connectivity index (χ1v) is 10.6. The molecule has 0 saturated heterocycles. The number of thioether (sulfide) groups is 1. The minimum atomic E-state index is -0.00766. The molecule has 0 spiro atoms. The Balaban J connectivity index is 1.95. The number of benzene rings is 2. The Morgan fingerprint density at radius 2 is 1.89 bits per heavy atom. The number of hydrogen-bond donors (Lipinski definition) is 1. The molecule has 1 heterocycles. The fourth-order valence-electron chi connectivity index (χ4n) is 2.73. The van der Waals surface area contributed by atoms with Gasteiger partial charge in [0.1, 0.15) is 0 Å². The highest BCUT2D eigenvalue weighted by Crippen LogP contribution is 2.30. The number of aryl methyl sites for hydroxylation is 1. The van der Waals surface area contributed by atoms with E-state index in [4.69, 9.17) is 11.6 Å². The molecule has 0 aliphatic heterocycles. The summed E-state index contributed by atoms with van der Waals surface area (Å²) in [7, 11) is 0. The molecule has 1 aromatic heterocycles. The number of halogens is 1. The van der Waals surface area contributed by atoms with Crippen molar-refractivity contribution >= 4 is 29.3 Å². The van der Waals surface area contributed by atoms with E-state index < -0.39 is 0 Å². The van der Waals surface area contributed by atoms with Gasteiger partial charge in [-0.1, -0.05) is 48.5 Å². The summed E-state index contributed by atoms with van der Waals surface area (Å²) in [6.45, 7) is 6.09. The van der Waals surface area contributed by atoms with E-state index in [1.54, 1.807) is 0 Å². The first-order valence-electron chi connectivity index (χ1n) is 9.19. The van der Waals surface area contributed by atoms with Gasteiger partial charge in [-0.05, 0) is 56.2 Å². The largest absolute Gasteiger partial charge is 0.353 e. The van der Waals surface area contributed by atoms with Crippen LogP contribution in [0.3, 0.4) is 0 Å². The molecule has 5 nitrogen and oxygen atoms in total. The molecule has 2 aromatic carbocycles. The Labute approximate surface area is 174 Å². The number of carbonyl (C=O) groups is 1. The van der Waals surface area contributed by atoms with Gasteiger partial charge in [0.15, 0.2) is 11.0 Å². The van der Waals surface area contributed by atoms with Crippen LogP contribution in [-0.2, 0) is 4.79 Å². The Bertz CT molecular complexity index is 955. The van der Waals surface area contributed by atoms with E-state index >= 15 is 0 Å². The lowest BCUT2D eigenvalue weighted by Crippen LogP contribution is -2.33. The lowest BCUT2D eigenvalue weighted by Gasteiger charge is -2.14. The van der Waals surface area contributed by atoms with Crippen molar-refractivity contribution in [3.05, 3.63) is 59.1 Å². The maximum absolute atomic E-state index is 12.2. The van der Waals surface area contributed by atoms with Crippen molar-refractivity contribution in [2.45, 2.75) is 38.4 Å². The molecule has 0 unspecified atom stereocenters. The highest BCUT2D eigenvalue weighted by molar-refractivity contribution is 7.99. The highest BCUT2D eigenvalue weighted by atomic mass is 35.5. The Hall–Kier alpha value is -2.31. The predicted molar refractivity (Wildman–Crippen MR) is 115 cm³/mol. The van der Waals surface area contributed by atoms with Crippen molar-refractivity contribution in [3.63, 3.8) is 0 Å². The number of hydrogen-bond acceptors (Lipinski definition) is 4. The lowest BCUT2D eigenvalue weighted by atomic mass is 10.1. The molecule has 146 valence electrons. The number of rotatable bonds is 7. The van der Waals surface area contributed by atoms with Gasteiger partial charge in [0.25, 0.3) is 0 Å². The SMILES string of the molecule is CC[C@H](C)NC(=O)CSc1nnc(-c2ccc(Cl)cc2)n1-c1ccccc1C. The molecule has 3 rings (SSSR count). The summed E-state index contributed by atoms with van der Waals surface area (Å²) < 4.78 is 2.00. The van der Waals surface area contributed by atoms with E-state index in [-0.39, 0.29) is 17.7 Å². The monoisotopic (exact) mass is 414 g/mol. The maximum Gasteiger partial charge on any atom is 0.230 e. The van der Waals surface area contributed by atoms with Gasteiger partial charge in [-0.3, -0.25) is 9.36 Å². The number of para-hydroxylation sites is 1. The van der Waals surface area contributed by atoms with Crippen LogP contribution < -0.4 is 5.32 Å². The first kappa shape index (κ1) is 20.4. The summed E-state index contributed by atoms with van der Waals surface area (Å²) in [4.78, 5) is 12.2. The van der Waals surface area contributed by atoms with Crippen molar-refractivity contribution in [2.24, 2.45) is 0 Å². The average Bonchev–Trinajstić information content (AvgIpc) is 3.11. The fourth-order valence-corrected chi connectivity index (χ4v) is 3.61. The van der Waals surface area contributed by atoms with Gasteiger partial charge < -0.3 is 5.32 Å². The molecule has 1 atom stereocenters. The van der Waals surface area contributed by atoms with Gasteiger partial charge in [-0.2, -0.15) is 0 Å². The Kier molecular flexibility index (Phi) is 6.75. The third-order valence-electron chi connectivity index (χ3n) is 4.44. The molecule has 0 saturated carbocycles. The normalized spacial score (nSPS) is 12.0. The molecule has 7 heteroatoms. The summed E-state index contributed by atoms with van der Waals surface area (Å²) in [6, 6.07) is 15.7. The zero-order valence-electron chi connectivity index (χ0n) is 16.1. The maximum atomic E-state index is 12.2. The summed E-state index contributed by atoms with van der Waals surface area (Å²) >= 11 is 7.41. The van der Waals surface area contributed by atoms with Crippen LogP contribution in [0.25, 0.3) is 17.1 Å². The highest BCUT2D eigenvalue weighted by Gasteiger charge is 2.18. The third kappa shape index (κ3) is 4.75. The second kappa shape index (κ2) is 9.26. The van der Waals surface area contributed by atoms with E-state index in [1.165, 1.54) is 11.8 Å². The molecule has 0 fully saturated rings. The van der Waals surface area contributed by atoms with Crippen LogP contribution in [0.2, 0.25) is 5.02 Å². The number of carbonyl (C=O) groups excluding carboxylic acids is 1. The molecule has 0 bridgehead atoms. The number of aromatic nitrogens is 3. The van der Waals surface area contributed by atoms with Gasteiger partial charge in [0.05, 0.1) is 11.4 Å². The van der Waals surface area contributed by atoms with E-state index in [1.807, 2.05) is 73.9 Å². The molecule has 1 N–H and O–H groups in total. The smallest absolute Gasteiger partial charge is 0.230 e. The molecular formula is C21H23ClN4OS. The van der Waals surface area contributed by atoms with Gasteiger partial charge in [-0.15, -0.1) is 10.2 Å². The molecule has 1 amide bonds. The van der Waals surface area contributed by atoms with Crippen LogP contribution in [0.15, 0.2) is 53.7 Å². The molecule has 0 radical (unpaired) electrons. The quantitative estimate of drug-likeness (QED) is 0.558. The average molecular weight is 415 g/mol. The number of amides is 1. The van der Waals surface area contributed by atoms with Crippen LogP contribution in [0.1, 0.15) is 25.8 Å². The van der Waals surface area contributed by atoms with Gasteiger partial charge in [0, 0.05) is 16.6 Å². The standard InChI is InChI=1S/C21H23ClN4OS/c1-4-15(3)23-19(27)13-28-21-25-24-20(16-9-11-17(22)12-10-16)26(21)18-8-6-5-7-14(18)2/h5-12,15H,4,13H2,1-3H3,(H,23,27)/t15-/m0/s1. The molecular weight excluding hydrogens is 392 g/mol. The number of nitrogens with one attached hydrogen (secondary N) is 1. The van der Waals surface area contributed by atoms with Crippen molar-refractivity contribution in [3.8, 4) is 17.1 Å². The second-order valence-electron chi connectivity index (χ2n) is 6.60. The van der Waals surface area contributed by atoms with Crippen molar-refractivity contribution in [1.82, 2.24) is 20.1 Å². The van der Waals surface area contributed by atoms with E-state index in [0.29, 0.717) is 10.2 Å². The van der Waals surface area contributed by atoms with Gasteiger partial charge in [0.2, 0.25) is 5.91 Å². The number of nitrogens with zero attached hydrogens (tertiary/aromatic N) is 3. The van der Waals surface area contributed by atoms with Crippen molar-refractivity contribution in [2.75, 3.05) is 5.75 Å². The second-order valence-corrected chi connectivity index (χ2v) is 7.98. The topological polar surface area (TPSA) is 59.8 Å². The molecule has 0 aliphatic carbocycles. The van der Waals surface area contributed by atoms with Crippen LogP contribution in [-0.4, -0.2) is 32.5 Å². The van der Waals surface area contributed by atoms with Crippen molar-refractivity contribution < 1.29 is 4.79 Å². The zero-order valence-corrected chi connectivity index (χ0v) is 17.7. The van der Waals surface area contributed by atoms with E-state index in [2.05, 4.69) is 15.5 Å². The van der Waals surface area contributed by atoms with Crippen LogP contribution in [0.4, 0.5) is 0 Å². The van der Waals surface area contributed by atoms with Crippen LogP contribution in [0.5, 0.6) is 0 Å². The van der Waals surface area contributed by atoms with E-state index in [9.17, 15) is 4.79 Å². The first-order chi connectivity index (χ1) is 13.5. The summed E-state index contributed by atoms with van der Waals surface area (Å²) in [5.41, 5.74) is 3.00. The third-order valence-corrected chi connectivity index (χ3v) is 5.63. The predicted octanol–water partition coefficient (Wildman–Crippen LogP) is 4.90. The van der Waals surface area contributed by atoms with Gasteiger partial charge in [-0.25, -0.2) is 0 Å². The minimum absolute atomic E-state index is 0.00766. The Morgan fingerprint density at radius 3 is 2.57 bits per heavy atom. The van der Waals surface area contributed by atoms with Crippen LogP contribution in [0, 0.1) is 6.92 Å². The Morgan fingerprint density at radius 1 is 1.18 bits per heavy atom. The lowest BCUT2D eigenvalue weighted by molar-refractivity contribution is -0.119. The summed E-state index contributed by atoms with van der Waals surface area (Å²) in [5.74, 6) is 0.997. The van der Waals surface area contributed by atoms with Gasteiger partial charge >= 0.3 is 0 Å². The van der Waals surface area contributed by atoms with Crippen LogP contribution >= 0.6 is 23.4 Å². The summed E-state index contributed by atoms with van der Waals surface area (Å²) in [5, 5.41) is 13.1. The van der Waals surface area contributed by atoms with E-state index in [0.717, 1.165) is 29.1 Å². The minimum Gasteiger partial charge on any atom is -0.353 e. The summed E-state index contributed by atoms with van der Waals surface area (Å²) in [6.07, 6.45) is 0.899. The molecule has 0 aliphatic rings.